The average molecular weight is 164 g/mol. The van der Waals surface area contributed by atoms with E-state index < -0.39 is 0 Å². The fourth-order valence-electron chi connectivity index (χ4n) is 2.12. The van der Waals surface area contributed by atoms with Gasteiger partial charge < -0.3 is 10.7 Å². The van der Waals surface area contributed by atoms with Gasteiger partial charge in [-0.2, -0.15) is 0 Å². The highest BCUT2D eigenvalue weighted by molar-refractivity contribution is 5.13. The third-order valence-electron chi connectivity index (χ3n) is 2.84. The Kier molecular flexibility index (Phi) is 2.17. The molecule has 0 saturated heterocycles. The van der Waals surface area contributed by atoms with Crippen molar-refractivity contribution in [3.05, 3.63) is 24.0 Å². The lowest BCUT2D eigenvalue weighted by molar-refractivity contribution is 0.380. The quantitative estimate of drug-likeness (QED) is 0.655. The Morgan fingerprint density at radius 3 is 2.83 bits per heavy atom. The maximum absolute atomic E-state index is 6.05. The minimum absolute atomic E-state index is 0.373. The molecule has 66 valence electrons. The van der Waals surface area contributed by atoms with Crippen molar-refractivity contribution in [3.8, 4) is 0 Å². The van der Waals surface area contributed by atoms with Gasteiger partial charge >= 0.3 is 0 Å². The molecule has 1 heterocycles. The Bertz CT molecular complexity index is 228. The number of hydrogen-bond donors (Lipinski definition) is 2. The van der Waals surface area contributed by atoms with E-state index >= 15 is 0 Å². The number of nitrogens with two attached hydrogens (primary N) is 1. The first-order chi connectivity index (χ1) is 5.88. The van der Waals surface area contributed by atoms with Crippen molar-refractivity contribution in [1.29, 1.82) is 0 Å². The lowest BCUT2D eigenvalue weighted by Crippen LogP contribution is -2.31. The van der Waals surface area contributed by atoms with Gasteiger partial charge in [-0.3, -0.25) is 0 Å². The van der Waals surface area contributed by atoms with E-state index in [4.69, 9.17) is 5.73 Å². The molecule has 1 aliphatic carbocycles. The van der Waals surface area contributed by atoms with E-state index in [0.29, 0.717) is 12.0 Å². The van der Waals surface area contributed by atoms with Crippen LogP contribution in [0.5, 0.6) is 0 Å². The Morgan fingerprint density at radius 2 is 2.17 bits per heavy atom. The predicted molar refractivity (Wildman–Crippen MR) is 50.0 cm³/mol. The van der Waals surface area contributed by atoms with Gasteiger partial charge in [0, 0.05) is 23.9 Å². The molecule has 0 amide bonds. The van der Waals surface area contributed by atoms with Crippen molar-refractivity contribution in [2.45, 2.75) is 37.6 Å². The van der Waals surface area contributed by atoms with Crippen molar-refractivity contribution < 1.29 is 0 Å². The van der Waals surface area contributed by atoms with Gasteiger partial charge in [-0.15, -0.1) is 0 Å². The second-order valence-corrected chi connectivity index (χ2v) is 3.68. The van der Waals surface area contributed by atoms with E-state index in [9.17, 15) is 0 Å². The first-order valence-electron chi connectivity index (χ1n) is 4.77. The number of aromatic nitrogens is 1. The molecule has 0 bridgehead atoms. The van der Waals surface area contributed by atoms with Crippen LogP contribution in [-0.4, -0.2) is 11.0 Å². The summed E-state index contributed by atoms with van der Waals surface area (Å²) in [5.74, 6) is 0.578. The van der Waals surface area contributed by atoms with E-state index in [2.05, 4.69) is 17.1 Å². The van der Waals surface area contributed by atoms with E-state index in [1.807, 2.05) is 6.20 Å². The summed E-state index contributed by atoms with van der Waals surface area (Å²) in [5.41, 5.74) is 7.37. The molecule has 2 atom stereocenters. The van der Waals surface area contributed by atoms with Gasteiger partial charge in [-0.25, -0.2) is 0 Å². The summed E-state index contributed by atoms with van der Waals surface area (Å²) in [7, 11) is 0. The minimum atomic E-state index is 0.373. The minimum Gasteiger partial charge on any atom is -0.365 e. The van der Waals surface area contributed by atoms with E-state index in [1.54, 1.807) is 0 Å². The molecule has 1 fully saturated rings. The normalized spacial score (nSPS) is 30.4. The van der Waals surface area contributed by atoms with Crippen LogP contribution in [0.2, 0.25) is 0 Å². The molecule has 12 heavy (non-hydrogen) atoms. The molecule has 0 aliphatic heterocycles. The monoisotopic (exact) mass is 164 g/mol. The average Bonchev–Trinajstić information content (AvgIpc) is 2.57. The summed E-state index contributed by atoms with van der Waals surface area (Å²) >= 11 is 0. The molecule has 1 aromatic rings. The maximum atomic E-state index is 6.05. The molecule has 2 rings (SSSR count). The Hall–Kier alpha value is -0.760. The van der Waals surface area contributed by atoms with Gasteiger partial charge in [0.15, 0.2) is 0 Å². The highest BCUT2D eigenvalue weighted by Crippen LogP contribution is 2.30. The summed E-state index contributed by atoms with van der Waals surface area (Å²) in [4.78, 5) is 3.26. The number of aromatic amines is 1. The number of nitrogens with one attached hydrogen (secondary N) is 1. The van der Waals surface area contributed by atoms with Crippen LogP contribution in [0.15, 0.2) is 18.3 Å². The van der Waals surface area contributed by atoms with E-state index in [1.165, 1.54) is 31.4 Å². The van der Waals surface area contributed by atoms with Crippen LogP contribution in [0.4, 0.5) is 0 Å². The second-order valence-electron chi connectivity index (χ2n) is 3.68. The molecule has 2 heteroatoms. The van der Waals surface area contributed by atoms with Gasteiger partial charge in [0.1, 0.15) is 0 Å². The summed E-state index contributed by atoms with van der Waals surface area (Å²) in [6, 6.07) is 4.57. The molecule has 3 N–H and O–H groups in total. The SMILES string of the molecule is NC1CCCCC1c1ccc[nH]1. The van der Waals surface area contributed by atoms with Gasteiger partial charge in [0.2, 0.25) is 0 Å². The van der Waals surface area contributed by atoms with Crippen molar-refractivity contribution in [2.75, 3.05) is 0 Å². The Morgan fingerprint density at radius 1 is 1.33 bits per heavy atom. The Labute approximate surface area is 73.2 Å². The molecular formula is C10H16N2. The fraction of sp³-hybridized carbons (Fsp3) is 0.600. The number of rotatable bonds is 1. The number of H-pyrrole nitrogens is 1. The van der Waals surface area contributed by atoms with Crippen LogP contribution >= 0.6 is 0 Å². The standard InChI is InChI=1S/C10H16N2/c11-9-5-2-1-4-8(9)10-6-3-7-12-10/h3,6-9,12H,1-2,4-5,11H2. The van der Waals surface area contributed by atoms with Crippen LogP contribution in [0.25, 0.3) is 0 Å². The van der Waals surface area contributed by atoms with Crippen LogP contribution in [-0.2, 0) is 0 Å². The first kappa shape index (κ1) is 7.87. The topological polar surface area (TPSA) is 41.8 Å². The first-order valence-corrected chi connectivity index (χ1v) is 4.77. The summed E-state index contributed by atoms with van der Waals surface area (Å²) < 4.78 is 0. The highest BCUT2D eigenvalue weighted by atomic mass is 14.7. The largest absolute Gasteiger partial charge is 0.365 e. The summed E-state index contributed by atoms with van der Waals surface area (Å²) in [6.07, 6.45) is 7.05. The maximum Gasteiger partial charge on any atom is 0.0194 e. The molecule has 0 radical (unpaired) electrons. The van der Waals surface area contributed by atoms with Gasteiger partial charge in [0.05, 0.1) is 0 Å². The molecular weight excluding hydrogens is 148 g/mol. The second kappa shape index (κ2) is 3.31. The Balaban J connectivity index is 2.11. The predicted octanol–water partition coefficient (Wildman–Crippen LogP) is 2.00. The summed E-state index contributed by atoms with van der Waals surface area (Å²) in [5, 5.41) is 0. The van der Waals surface area contributed by atoms with Crippen LogP contribution in [0, 0.1) is 0 Å². The van der Waals surface area contributed by atoms with E-state index in [-0.39, 0.29) is 0 Å². The van der Waals surface area contributed by atoms with Gasteiger partial charge in [-0.1, -0.05) is 12.8 Å². The van der Waals surface area contributed by atoms with Gasteiger partial charge in [-0.05, 0) is 25.0 Å². The molecule has 2 unspecified atom stereocenters. The highest BCUT2D eigenvalue weighted by Gasteiger charge is 2.23. The molecule has 1 aliphatic rings. The lowest BCUT2D eigenvalue weighted by Gasteiger charge is -2.27. The summed E-state index contributed by atoms with van der Waals surface area (Å²) in [6.45, 7) is 0. The van der Waals surface area contributed by atoms with Crippen molar-refractivity contribution in [1.82, 2.24) is 4.98 Å². The molecule has 2 nitrogen and oxygen atoms in total. The van der Waals surface area contributed by atoms with Crippen molar-refractivity contribution in [3.63, 3.8) is 0 Å². The van der Waals surface area contributed by atoms with Crippen LogP contribution in [0.1, 0.15) is 37.3 Å². The molecule has 1 aromatic heterocycles. The zero-order valence-electron chi connectivity index (χ0n) is 7.29. The third-order valence-corrected chi connectivity index (χ3v) is 2.84. The van der Waals surface area contributed by atoms with Crippen molar-refractivity contribution >= 4 is 0 Å². The fourth-order valence-corrected chi connectivity index (χ4v) is 2.12. The number of hydrogen-bond acceptors (Lipinski definition) is 1. The van der Waals surface area contributed by atoms with E-state index in [0.717, 1.165) is 0 Å². The molecule has 0 aromatic carbocycles. The van der Waals surface area contributed by atoms with Crippen LogP contribution in [0.3, 0.4) is 0 Å². The smallest absolute Gasteiger partial charge is 0.0194 e. The zero-order chi connectivity index (χ0) is 8.39. The van der Waals surface area contributed by atoms with Crippen molar-refractivity contribution in [2.24, 2.45) is 5.73 Å². The molecule has 1 saturated carbocycles. The van der Waals surface area contributed by atoms with Crippen LogP contribution < -0.4 is 5.73 Å². The third kappa shape index (κ3) is 1.39. The van der Waals surface area contributed by atoms with Gasteiger partial charge in [0.25, 0.3) is 0 Å². The zero-order valence-corrected chi connectivity index (χ0v) is 7.29. The molecule has 0 spiro atoms. The lowest BCUT2D eigenvalue weighted by atomic mass is 9.83.